The minimum Gasteiger partial charge on any atom is -0.465 e. The second-order valence-corrected chi connectivity index (χ2v) is 3.70. The molecule has 0 saturated carbocycles. The van der Waals surface area contributed by atoms with Gasteiger partial charge in [0.1, 0.15) is 6.04 Å². The van der Waals surface area contributed by atoms with Crippen LogP contribution in [0.5, 0.6) is 0 Å². The predicted octanol–water partition coefficient (Wildman–Crippen LogP) is 0.250. The number of β-amino-alcohol motifs (C(OH)–C–C–N with tert-alkyl or cyclic N) is 1. The van der Waals surface area contributed by atoms with Gasteiger partial charge in [-0.3, -0.25) is 4.90 Å². The molecule has 1 amide bonds. The number of aliphatic hydroxyl groups is 1. The van der Waals surface area contributed by atoms with Gasteiger partial charge in [-0.15, -0.1) is 0 Å². The van der Waals surface area contributed by atoms with Crippen molar-refractivity contribution in [3.8, 4) is 0 Å². The third kappa shape index (κ3) is 2.56. The highest BCUT2D eigenvalue weighted by molar-refractivity contribution is 5.66. The second-order valence-electron chi connectivity index (χ2n) is 3.70. The Bertz CT molecular complexity index is 270. The number of nitrogens with zero attached hydrogens (tertiary/aromatic N) is 1. The monoisotopic (exact) mass is 242 g/mol. The van der Waals surface area contributed by atoms with Crippen LogP contribution in [-0.4, -0.2) is 58.7 Å². The molecular formula is C8H13F3N2O3. The average molecular weight is 242 g/mol. The highest BCUT2D eigenvalue weighted by Gasteiger charge is 2.47. The zero-order valence-corrected chi connectivity index (χ0v) is 8.53. The third-order valence-electron chi connectivity index (χ3n) is 2.62. The lowest BCUT2D eigenvalue weighted by molar-refractivity contribution is -0.180. The van der Waals surface area contributed by atoms with E-state index >= 15 is 0 Å². The Kier molecular flexibility index (Phi) is 3.64. The molecule has 1 fully saturated rings. The minimum atomic E-state index is -4.64. The predicted molar refractivity (Wildman–Crippen MR) is 48.0 cm³/mol. The summed E-state index contributed by atoms with van der Waals surface area (Å²) in [4.78, 5) is 11.1. The van der Waals surface area contributed by atoms with E-state index in [1.54, 1.807) is 0 Å². The van der Waals surface area contributed by atoms with Gasteiger partial charge < -0.3 is 15.5 Å². The van der Waals surface area contributed by atoms with E-state index in [1.807, 2.05) is 0 Å². The summed E-state index contributed by atoms with van der Waals surface area (Å²) in [6.45, 7) is 0.881. The van der Waals surface area contributed by atoms with Crippen molar-refractivity contribution in [3.63, 3.8) is 0 Å². The van der Waals surface area contributed by atoms with Crippen LogP contribution in [0.1, 0.15) is 6.92 Å². The average Bonchev–Trinajstić information content (AvgIpc) is 2.50. The maximum Gasteiger partial charge on any atom is 0.408 e. The Balaban J connectivity index is 2.87. The lowest BCUT2D eigenvalue weighted by atomic mass is 10.1. The normalized spacial score (nSPS) is 27.8. The zero-order chi connectivity index (χ0) is 12.5. The molecule has 16 heavy (non-hydrogen) atoms. The topological polar surface area (TPSA) is 72.8 Å². The number of carbonyl (C=O) groups is 1. The number of hydrogen-bond acceptors (Lipinski definition) is 3. The molecule has 0 spiro atoms. The smallest absolute Gasteiger partial charge is 0.408 e. The standard InChI is InChI=1S/C8H13F3N2O3/c1-4(8(9,10)11)13(7(15)16)5-2-12-3-6(5)14/h4-6,12,14H,2-3H2,1H3,(H,15,16)/t4-,5+,6-/m0/s1. The molecule has 1 rings (SSSR count). The van der Waals surface area contributed by atoms with Crippen LogP contribution in [-0.2, 0) is 0 Å². The second kappa shape index (κ2) is 4.46. The van der Waals surface area contributed by atoms with Gasteiger partial charge in [0.05, 0.1) is 12.1 Å². The summed E-state index contributed by atoms with van der Waals surface area (Å²) < 4.78 is 37.3. The summed E-state index contributed by atoms with van der Waals surface area (Å²) >= 11 is 0. The summed E-state index contributed by atoms with van der Waals surface area (Å²) in [7, 11) is 0. The van der Waals surface area contributed by atoms with Gasteiger partial charge in [0.2, 0.25) is 0 Å². The Labute approximate surface area is 89.8 Å². The molecule has 0 aromatic rings. The van der Waals surface area contributed by atoms with E-state index in [1.165, 1.54) is 0 Å². The maximum absolute atomic E-state index is 12.4. The number of aliphatic hydroxyl groups excluding tert-OH is 1. The van der Waals surface area contributed by atoms with Gasteiger partial charge in [-0.25, -0.2) is 4.79 Å². The number of alkyl halides is 3. The molecule has 3 atom stereocenters. The number of halogens is 3. The Morgan fingerprint density at radius 3 is 2.38 bits per heavy atom. The van der Waals surface area contributed by atoms with Crippen LogP contribution >= 0.6 is 0 Å². The van der Waals surface area contributed by atoms with Crippen LogP contribution in [0.3, 0.4) is 0 Å². The van der Waals surface area contributed by atoms with E-state index in [2.05, 4.69) is 5.32 Å². The van der Waals surface area contributed by atoms with E-state index in [0.717, 1.165) is 6.92 Å². The maximum atomic E-state index is 12.4. The van der Waals surface area contributed by atoms with Gasteiger partial charge in [-0.05, 0) is 6.92 Å². The Morgan fingerprint density at radius 1 is 1.50 bits per heavy atom. The van der Waals surface area contributed by atoms with Gasteiger partial charge in [0.15, 0.2) is 0 Å². The first kappa shape index (κ1) is 13.0. The van der Waals surface area contributed by atoms with Gasteiger partial charge >= 0.3 is 12.3 Å². The first-order chi connectivity index (χ1) is 7.25. The fraction of sp³-hybridized carbons (Fsp3) is 0.875. The van der Waals surface area contributed by atoms with Gasteiger partial charge in [-0.2, -0.15) is 13.2 Å². The van der Waals surface area contributed by atoms with Gasteiger partial charge in [0, 0.05) is 13.1 Å². The summed E-state index contributed by atoms with van der Waals surface area (Å²) in [5.74, 6) is 0. The summed E-state index contributed by atoms with van der Waals surface area (Å²) in [6.07, 6.45) is -7.43. The SMILES string of the molecule is C[C@H](N(C(=O)O)[C@@H]1CNC[C@@H]1O)C(F)(F)F. The molecule has 94 valence electrons. The van der Waals surface area contributed by atoms with Crippen LogP contribution in [0.15, 0.2) is 0 Å². The molecule has 0 aliphatic carbocycles. The minimum absolute atomic E-state index is 0.0217. The molecule has 0 aromatic heterocycles. The van der Waals surface area contributed by atoms with Crippen molar-refractivity contribution in [2.45, 2.75) is 31.3 Å². The largest absolute Gasteiger partial charge is 0.465 e. The molecule has 0 unspecified atom stereocenters. The molecule has 0 radical (unpaired) electrons. The van der Waals surface area contributed by atoms with E-state index in [-0.39, 0.29) is 18.0 Å². The molecule has 0 bridgehead atoms. The van der Waals surface area contributed by atoms with Crippen molar-refractivity contribution in [1.29, 1.82) is 0 Å². The van der Waals surface area contributed by atoms with E-state index in [0.29, 0.717) is 0 Å². The quantitative estimate of drug-likeness (QED) is 0.649. The van der Waals surface area contributed by atoms with Crippen molar-refractivity contribution in [2.75, 3.05) is 13.1 Å². The fourth-order valence-electron chi connectivity index (χ4n) is 1.69. The van der Waals surface area contributed by atoms with Crippen LogP contribution in [0.2, 0.25) is 0 Å². The molecule has 1 saturated heterocycles. The Hall–Kier alpha value is -1.02. The number of nitrogens with one attached hydrogen (secondary N) is 1. The van der Waals surface area contributed by atoms with Crippen LogP contribution in [0, 0.1) is 0 Å². The van der Waals surface area contributed by atoms with Crippen molar-refractivity contribution in [2.24, 2.45) is 0 Å². The van der Waals surface area contributed by atoms with Crippen molar-refractivity contribution < 1.29 is 28.2 Å². The number of carboxylic acid groups (broad SMARTS) is 1. The molecule has 1 aliphatic heterocycles. The summed E-state index contributed by atoms with van der Waals surface area (Å²) in [5.41, 5.74) is 0. The molecule has 0 aromatic carbocycles. The number of hydrogen-bond donors (Lipinski definition) is 3. The van der Waals surface area contributed by atoms with E-state index in [9.17, 15) is 23.1 Å². The third-order valence-corrected chi connectivity index (χ3v) is 2.62. The summed E-state index contributed by atoms with van der Waals surface area (Å²) in [5, 5.41) is 20.8. The van der Waals surface area contributed by atoms with Crippen LogP contribution in [0.4, 0.5) is 18.0 Å². The van der Waals surface area contributed by atoms with Crippen LogP contribution in [0.25, 0.3) is 0 Å². The highest BCUT2D eigenvalue weighted by atomic mass is 19.4. The Morgan fingerprint density at radius 2 is 2.06 bits per heavy atom. The molecule has 3 N–H and O–H groups in total. The van der Waals surface area contributed by atoms with E-state index < -0.39 is 30.5 Å². The van der Waals surface area contributed by atoms with Gasteiger partial charge in [-0.1, -0.05) is 0 Å². The molecular weight excluding hydrogens is 229 g/mol. The van der Waals surface area contributed by atoms with Gasteiger partial charge in [0.25, 0.3) is 0 Å². The summed E-state index contributed by atoms with van der Waals surface area (Å²) in [6, 6.07) is -3.20. The number of rotatable bonds is 2. The van der Waals surface area contributed by atoms with E-state index in [4.69, 9.17) is 5.11 Å². The fourth-order valence-corrected chi connectivity index (χ4v) is 1.69. The van der Waals surface area contributed by atoms with Crippen molar-refractivity contribution in [3.05, 3.63) is 0 Å². The van der Waals surface area contributed by atoms with Crippen molar-refractivity contribution >= 4 is 6.09 Å². The molecule has 8 heteroatoms. The zero-order valence-electron chi connectivity index (χ0n) is 8.53. The van der Waals surface area contributed by atoms with Crippen LogP contribution < -0.4 is 5.32 Å². The highest BCUT2D eigenvalue weighted by Crippen LogP contribution is 2.27. The molecule has 5 nitrogen and oxygen atoms in total. The lowest BCUT2D eigenvalue weighted by Gasteiger charge is -2.34. The first-order valence-electron chi connectivity index (χ1n) is 4.72. The lowest BCUT2D eigenvalue weighted by Crippen LogP contribution is -2.55. The molecule has 1 heterocycles. The number of amides is 1. The van der Waals surface area contributed by atoms with Crippen molar-refractivity contribution in [1.82, 2.24) is 10.2 Å². The molecule has 1 aliphatic rings. The first-order valence-corrected chi connectivity index (χ1v) is 4.72.